The molecule has 0 unspecified atom stereocenters. The van der Waals surface area contributed by atoms with Crippen LogP contribution in [0.1, 0.15) is 22.5 Å². The number of amides is 1. The number of hydrogen-bond donors (Lipinski definition) is 1. The van der Waals surface area contributed by atoms with E-state index in [-0.39, 0.29) is 36.7 Å². The maximum absolute atomic E-state index is 12.8. The van der Waals surface area contributed by atoms with Crippen molar-refractivity contribution in [3.63, 3.8) is 0 Å². The fourth-order valence-corrected chi connectivity index (χ4v) is 2.50. The van der Waals surface area contributed by atoms with E-state index in [0.29, 0.717) is 11.3 Å². The van der Waals surface area contributed by atoms with E-state index in [1.807, 2.05) is 12.1 Å². The first-order valence-electron chi connectivity index (χ1n) is 7.46. The van der Waals surface area contributed by atoms with Gasteiger partial charge in [-0.25, -0.2) is 0 Å². The summed E-state index contributed by atoms with van der Waals surface area (Å²) < 4.78 is 5.28. The molecule has 0 radical (unpaired) electrons. The van der Waals surface area contributed by atoms with Crippen LogP contribution in [0.3, 0.4) is 0 Å². The van der Waals surface area contributed by atoms with Gasteiger partial charge in [-0.3, -0.25) is 9.78 Å². The Balaban J connectivity index is 1.94. The minimum absolute atomic E-state index is 0.153. The highest BCUT2D eigenvalue weighted by atomic mass is 16.3. The molecule has 0 aliphatic heterocycles. The SMILES string of the molecule is N#CCCN(Cc1ccco1)C(=O)c1ccc2cccnc2c1O. The Morgan fingerprint density at radius 3 is 2.92 bits per heavy atom. The second kappa shape index (κ2) is 6.84. The lowest BCUT2D eigenvalue weighted by Crippen LogP contribution is -2.31. The number of nitrogens with zero attached hydrogens (tertiary/aromatic N) is 3. The van der Waals surface area contributed by atoms with Crippen LogP contribution in [-0.4, -0.2) is 27.4 Å². The van der Waals surface area contributed by atoms with E-state index in [1.165, 1.54) is 11.2 Å². The van der Waals surface area contributed by atoms with Crippen LogP contribution < -0.4 is 0 Å². The minimum Gasteiger partial charge on any atom is -0.505 e. The third-order valence-electron chi connectivity index (χ3n) is 3.69. The molecule has 0 aliphatic rings. The highest BCUT2D eigenvalue weighted by Crippen LogP contribution is 2.28. The molecule has 1 aromatic carbocycles. The van der Waals surface area contributed by atoms with Crippen molar-refractivity contribution < 1.29 is 14.3 Å². The quantitative estimate of drug-likeness (QED) is 0.780. The number of aromatic hydroxyl groups is 1. The predicted octanol–water partition coefficient (Wildman–Crippen LogP) is 3.09. The van der Waals surface area contributed by atoms with Gasteiger partial charge >= 0.3 is 0 Å². The Bertz CT molecular complexity index is 898. The van der Waals surface area contributed by atoms with Crippen LogP contribution in [0.2, 0.25) is 0 Å². The van der Waals surface area contributed by atoms with Gasteiger partial charge in [0.15, 0.2) is 5.75 Å². The first kappa shape index (κ1) is 15.6. The van der Waals surface area contributed by atoms with Crippen molar-refractivity contribution in [2.24, 2.45) is 0 Å². The molecule has 3 aromatic rings. The zero-order chi connectivity index (χ0) is 16.9. The molecule has 120 valence electrons. The van der Waals surface area contributed by atoms with E-state index in [1.54, 1.807) is 36.5 Å². The zero-order valence-electron chi connectivity index (χ0n) is 12.8. The number of pyridine rings is 1. The number of furan rings is 1. The smallest absolute Gasteiger partial charge is 0.258 e. The van der Waals surface area contributed by atoms with E-state index in [0.717, 1.165) is 5.39 Å². The number of carbonyl (C=O) groups excluding carboxylic acids is 1. The van der Waals surface area contributed by atoms with Gasteiger partial charge in [0.2, 0.25) is 0 Å². The lowest BCUT2D eigenvalue weighted by molar-refractivity contribution is 0.0732. The maximum Gasteiger partial charge on any atom is 0.258 e. The number of carbonyl (C=O) groups is 1. The Labute approximate surface area is 138 Å². The fourth-order valence-electron chi connectivity index (χ4n) is 2.50. The molecule has 2 aromatic heterocycles. The van der Waals surface area contributed by atoms with Crippen LogP contribution in [0.25, 0.3) is 10.9 Å². The van der Waals surface area contributed by atoms with Gasteiger partial charge in [0.25, 0.3) is 5.91 Å². The number of phenols is 1. The molecule has 0 spiro atoms. The number of phenolic OH excluding ortho intramolecular Hbond substituents is 1. The molecule has 0 bridgehead atoms. The van der Waals surface area contributed by atoms with Crippen LogP contribution in [0, 0.1) is 11.3 Å². The molecule has 0 atom stereocenters. The number of benzene rings is 1. The lowest BCUT2D eigenvalue weighted by atomic mass is 10.1. The summed E-state index contributed by atoms with van der Waals surface area (Å²) in [7, 11) is 0. The summed E-state index contributed by atoms with van der Waals surface area (Å²) in [6, 6.07) is 12.4. The third kappa shape index (κ3) is 3.06. The van der Waals surface area contributed by atoms with Crippen LogP contribution in [0.4, 0.5) is 0 Å². The predicted molar refractivity (Wildman–Crippen MR) is 87.1 cm³/mol. The maximum atomic E-state index is 12.8. The summed E-state index contributed by atoms with van der Waals surface area (Å²) in [6.45, 7) is 0.475. The van der Waals surface area contributed by atoms with Crippen molar-refractivity contribution in [1.29, 1.82) is 5.26 Å². The average molecular weight is 321 g/mol. The molecular weight excluding hydrogens is 306 g/mol. The summed E-state index contributed by atoms with van der Waals surface area (Å²) in [5, 5.41) is 20.0. The molecule has 1 N–H and O–H groups in total. The molecule has 2 heterocycles. The van der Waals surface area contributed by atoms with Crippen molar-refractivity contribution in [2.75, 3.05) is 6.54 Å². The van der Waals surface area contributed by atoms with Gasteiger partial charge in [0.1, 0.15) is 11.3 Å². The number of aromatic nitrogens is 1. The third-order valence-corrected chi connectivity index (χ3v) is 3.69. The molecule has 0 aliphatic carbocycles. The van der Waals surface area contributed by atoms with Gasteiger partial charge in [-0.2, -0.15) is 5.26 Å². The van der Waals surface area contributed by atoms with Gasteiger partial charge in [0.05, 0.1) is 30.9 Å². The number of hydrogen-bond acceptors (Lipinski definition) is 5. The van der Waals surface area contributed by atoms with Crippen molar-refractivity contribution in [3.05, 3.63) is 60.2 Å². The summed E-state index contributed by atoms with van der Waals surface area (Å²) in [5.74, 6) is 0.0888. The van der Waals surface area contributed by atoms with Gasteiger partial charge in [0, 0.05) is 18.1 Å². The van der Waals surface area contributed by atoms with Gasteiger partial charge < -0.3 is 14.4 Å². The Hall–Kier alpha value is -3.33. The Morgan fingerprint density at radius 1 is 1.29 bits per heavy atom. The van der Waals surface area contributed by atoms with E-state index in [4.69, 9.17) is 9.68 Å². The monoisotopic (exact) mass is 321 g/mol. The fraction of sp³-hybridized carbons (Fsp3) is 0.167. The molecule has 6 nitrogen and oxygen atoms in total. The topological polar surface area (TPSA) is 90.4 Å². The highest BCUT2D eigenvalue weighted by molar-refractivity contribution is 6.02. The number of rotatable bonds is 5. The summed E-state index contributed by atoms with van der Waals surface area (Å²) in [6.07, 6.45) is 3.28. The lowest BCUT2D eigenvalue weighted by Gasteiger charge is -2.21. The van der Waals surface area contributed by atoms with Crippen LogP contribution in [0.15, 0.2) is 53.3 Å². The molecule has 1 amide bonds. The van der Waals surface area contributed by atoms with E-state index in [2.05, 4.69) is 4.98 Å². The highest BCUT2D eigenvalue weighted by Gasteiger charge is 2.21. The van der Waals surface area contributed by atoms with Crippen molar-refractivity contribution in [1.82, 2.24) is 9.88 Å². The Kier molecular flexibility index (Phi) is 4.43. The van der Waals surface area contributed by atoms with E-state index in [9.17, 15) is 9.90 Å². The second-order valence-electron chi connectivity index (χ2n) is 5.25. The molecule has 0 fully saturated rings. The molecule has 24 heavy (non-hydrogen) atoms. The van der Waals surface area contributed by atoms with E-state index < -0.39 is 0 Å². The number of fused-ring (bicyclic) bond motifs is 1. The van der Waals surface area contributed by atoms with E-state index >= 15 is 0 Å². The largest absolute Gasteiger partial charge is 0.505 e. The van der Waals surface area contributed by atoms with Gasteiger partial charge in [-0.05, 0) is 24.3 Å². The molecule has 0 saturated heterocycles. The summed E-state index contributed by atoms with van der Waals surface area (Å²) in [5.41, 5.74) is 0.535. The van der Waals surface area contributed by atoms with Gasteiger partial charge in [-0.15, -0.1) is 0 Å². The average Bonchev–Trinajstić information content (AvgIpc) is 3.12. The molecule has 6 heteroatoms. The second-order valence-corrected chi connectivity index (χ2v) is 5.25. The van der Waals surface area contributed by atoms with Crippen LogP contribution in [0.5, 0.6) is 5.75 Å². The van der Waals surface area contributed by atoms with Crippen LogP contribution >= 0.6 is 0 Å². The van der Waals surface area contributed by atoms with Gasteiger partial charge in [-0.1, -0.05) is 12.1 Å². The summed E-state index contributed by atoms with van der Waals surface area (Å²) >= 11 is 0. The Morgan fingerprint density at radius 2 is 2.17 bits per heavy atom. The first-order chi connectivity index (χ1) is 11.7. The van der Waals surface area contributed by atoms with Crippen molar-refractivity contribution >= 4 is 16.8 Å². The summed E-state index contributed by atoms with van der Waals surface area (Å²) in [4.78, 5) is 18.4. The minimum atomic E-state index is -0.369. The number of nitriles is 1. The standard InChI is InChI=1S/C18H15N3O3/c19-8-3-10-21(12-14-5-2-11-24-14)18(23)15-7-6-13-4-1-9-20-16(13)17(15)22/h1-2,4-7,9,11,22H,3,10,12H2. The van der Waals surface area contributed by atoms with Crippen molar-refractivity contribution in [2.45, 2.75) is 13.0 Å². The molecular formula is C18H15N3O3. The molecule has 3 rings (SSSR count). The zero-order valence-corrected chi connectivity index (χ0v) is 12.8. The first-order valence-corrected chi connectivity index (χ1v) is 7.46. The van der Waals surface area contributed by atoms with Crippen molar-refractivity contribution in [3.8, 4) is 11.8 Å². The normalized spacial score (nSPS) is 10.5. The molecule has 0 saturated carbocycles. The van der Waals surface area contributed by atoms with Crippen LogP contribution in [-0.2, 0) is 6.54 Å².